The summed E-state index contributed by atoms with van der Waals surface area (Å²) in [4.78, 5) is 5.19. The first-order valence-electron chi connectivity index (χ1n) is 6.87. The largest absolute Gasteiger partial charge is 0.261 e. The highest BCUT2D eigenvalue weighted by Gasteiger charge is 2.07. The van der Waals surface area contributed by atoms with Crippen LogP contribution in [0.25, 0.3) is 11.3 Å². The molecule has 0 amide bonds. The van der Waals surface area contributed by atoms with Crippen LogP contribution in [-0.2, 0) is 0 Å². The van der Waals surface area contributed by atoms with E-state index in [2.05, 4.69) is 78.3 Å². The highest BCUT2D eigenvalue weighted by molar-refractivity contribution is 14.1. The van der Waals surface area contributed by atoms with E-state index in [1.54, 1.807) is 18.4 Å². The minimum Gasteiger partial charge on any atom is -0.261 e. The van der Waals surface area contributed by atoms with E-state index in [1.807, 2.05) is 35.2 Å². The van der Waals surface area contributed by atoms with Gasteiger partial charge in [-0.15, -0.1) is 11.3 Å². The van der Waals surface area contributed by atoms with Gasteiger partial charge < -0.3 is 0 Å². The molecular formula is C17H13BrIN3S. The average molecular weight is 498 g/mol. The molecule has 6 heteroatoms. The monoisotopic (exact) mass is 497 g/mol. The first kappa shape index (κ1) is 16.6. The van der Waals surface area contributed by atoms with Crippen LogP contribution in [0.4, 0.5) is 0 Å². The first-order chi connectivity index (χ1) is 11.2. The second-order valence-electron chi connectivity index (χ2n) is 4.72. The highest BCUT2D eigenvalue weighted by atomic mass is 127. The van der Waals surface area contributed by atoms with E-state index in [1.165, 1.54) is 3.57 Å². The minimum absolute atomic E-state index is 0.863. The van der Waals surface area contributed by atoms with Gasteiger partial charge in [0.15, 0.2) is 0 Å². The molecule has 2 aromatic carbocycles. The maximum atomic E-state index is 4.66. The molecule has 0 atom stereocenters. The Labute approximate surface area is 160 Å². The lowest BCUT2D eigenvalue weighted by molar-refractivity contribution is 0.848. The number of nitrogens with zero attached hydrogens (tertiary/aromatic N) is 3. The lowest BCUT2D eigenvalue weighted by Crippen LogP contribution is -2.11. The Kier molecular flexibility index (Phi) is 5.45. The zero-order valence-electron chi connectivity index (χ0n) is 12.3. The number of hydrogen-bond donors (Lipinski definition) is 0. The van der Waals surface area contributed by atoms with Crippen LogP contribution in [0.1, 0.15) is 5.56 Å². The number of rotatable bonds is 3. The van der Waals surface area contributed by atoms with Gasteiger partial charge in [0.25, 0.3) is 0 Å². The molecule has 0 saturated carbocycles. The third-order valence-electron chi connectivity index (χ3n) is 3.21. The van der Waals surface area contributed by atoms with Gasteiger partial charge >= 0.3 is 0 Å². The summed E-state index contributed by atoms with van der Waals surface area (Å²) in [5.74, 6) is 0. The van der Waals surface area contributed by atoms with Gasteiger partial charge in [0.05, 0.1) is 11.9 Å². The van der Waals surface area contributed by atoms with Crippen molar-refractivity contribution in [1.82, 2.24) is 4.68 Å². The van der Waals surface area contributed by atoms with Crippen molar-refractivity contribution in [3.05, 3.63) is 72.3 Å². The molecule has 0 aliphatic carbocycles. The topological polar surface area (TPSA) is 29.6 Å². The SMILES string of the molecule is CN=c1scc(-c2cccc(Br)c2)n1N=Cc1ccccc1I. The number of halogens is 2. The van der Waals surface area contributed by atoms with Gasteiger partial charge in [-0.2, -0.15) is 5.10 Å². The van der Waals surface area contributed by atoms with Crippen molar-refractivity contribution >= 4 is 56.1 Å². The van der Waals surface area contributed by atoms with Crippen LogP contribution in [0.3, 0.4) is 0 Å². The van der Waals surface area contributed by atoms with E-state index >= 15 is 0 Å². The molecular weight excluding hydrogens is 485 g/mol. The molecule has 3 nitrogen and oxygen atoms in total. The Balaban J connectivity index is 2.09. The van der Waals surface area contributed by atoms with Crippen molar-refractivity contribution in [2.24, 2.45) is 10.1 Å². The predicted octanol–water partition coefficient (Wildman–Crippen LogP) is 5.00. The van der Waals surface area contributed by atoms with Gasteiger partial charge in [-0.25, -0.2) is 4.68 Å². The van der Waals surface area contributed by atoms with E-state index < -0.39 is 0 Å². The van der Waals surface area contributed by atoms with Crippen LogP contribution in [-0.4, -0.2) is 17.9 Å². The van der Waals surface area contributed by atoms with Crippen LogP contribution in [0.5, 0.6) is 0 Å². The zero-order valence-corrected chi connectivity index (χ0v) is 16.8. The van der Waals surface area contributed by atoms with Crippen molar-refractivity contribution in [2.45, 2.75) is 0 Å². The molecule has 3 rings (SSSR count). The summed E-state index contributed by atoms with van der Waals surface area (Å²) in [6, 6.07) is 16.4. The Morgan fingerprint density at radius 1 is 1.17 bits per heavy atom. The summed E-state index contributed by atoms with van der Waals surface area (Å²) in [6.07, 6.45) is 1.88. The van der Waals surface area contributed by atoms with Crippen molar-refractivity contribution in [3.63, 3.8) is 0 Å². The second-order valence-corrected chi connectivity index (χ2v) is 7.63. The molecule has 0 bridgehead atoms. The molecule has 23 heavy (non-hydrogen) atoms. The smallest absolute Gasteiger partial charge is 0.205 e. The molecule has 0 N–H and O–H groups in total. The fourth-order valence-corrected chi connectivity index (χ4v) is 3.84. The highest BCUT2D eigenvalue weighted by Crippen LogP contribution is 2.23. The Morgan fingerprint density at radius 2 is 2.00 bits per heavy atom. The van der Waals surface area contributed by atoms with E-state index in [-0.39, 0.29) is 0 Å². The predicted molar refractivity (Wildman–Crippen MR) is 109 cm³/mol. The Morgan fingerprint density at radius 3 is 2.74 bits per heavy atom. The zero-order chi connectivity index (χ0) is 16.2. The molecule has 0 unspecified atom stereocenters. The lowest BCUT2D eigenvalue weighted by atomic mass is 10.2. The summed E-state index contributed by atoms with van der Waals surface area (Å²) < 4.78 is 4.10. The number of aromatic nitrogens is 1. The third kappa shape index (κ3) is 3.81. The van der Waals surface area contributed by atoms with Crippen molar-refractivity contribution in [2.75, 3.05) is 7.05 Å². The maximum absolute atomic E-state index is 4.66. The summed E-state index contributed by atoms with van der Waals surface area (Å²) >= 11 is 7.42. The molecule has 0 fully saturated rings. The summed E-state index contributed by atoms with van der Waals surface area (Å²) in [6.45, 7) is 0. The third-order valence-corrected chi connectivity index (χ3v) is 5.60. The quantitative estimate of drug-likeness (QED) is 0.360. The van der Waals surface area contributed by atoms with E-state index in [0.717, 1.165) is 26.1 Å². The van der Waals surface area contributed by atoms with E-state index in [0.29, 0.717) is 0 Å². The van der Waals surface area contributed by atoms with Crippen molar-refractivity contribution < 1.29 is 0 Å². The van der Waals surface area contributed by atoms with E-state index in [4.69, 9.17) is 0 Å². The van der Waals surface area contributed by atoms with Crippen LogP contribution in [0.2, 0.25) is 0 Å². The fourth-order valence-electron chi connectivity index (χ4n) is 2.11. The Bertz CT molecular complexity index is 927. The van der Waals surface area contributed by atoms with Crippen molar-refractivity contribution in [1.29, 1.82) is 0 Å². The van der Waals surface area contributed by atoms with Gasteiger partial charge in [0, 0.05) is 31.6 Å². The molecule has 1 heterocycles. The van der Waals surface area contributed by atoms with Gasteiger partial charge in [-0.05, 0) is 40.8 Å². The fraction of sp³-hybridized carbons (Fsp3) is 0.0588. The van der Waals surface area contributed by atoms with E-state index in [9.17, 15) is 0 Å². The summed E-state index contributed by atoms with van der Waals surface area (Å²) in [5, 5.41) is 6.74. The maximum Gasteiger partial charge on any atom is 0.205 e. The van der Waals surface area contributed by atoms with Crippen molar-refractivity contribution in [3.8, 4) is 11.3 Å². The number of benzene rings is 2. The molecule has 0 aliphatic rings. The normalized spacial score (nSPS) is 12.2. The van der Waals surface area contributed by atoms with Gasteiger partial charge in [0.1, 0.15) is 0 Å². The second kappa shape index (κ2) is 7.55. The van der Waals surface area contributed by atoms with Gasteiger partial charge in [0.2, 0.25) is 4.80 Å². The van der Waals surface area contributed by atoms with Crippen LogP contribution in [0, 0.1) is 3.57 Å². The molecule has 3 aromatic rings. The van der Waals surface area contributed by atoms with Gasteiger partial charge in [-0.3, -0.25) is 4.99 Å². The summed E-state index contributed by atoms with van der Waals surface area (Å²) in [7, 11) is 1.79. The minimum atomic E-state index is 0.863. The molecule has 0 aliphatic heterocycles. The molecule has 116 valence electrons. The van der Waals surface area contributed by atoms with Crippen LogP contribution >= 0.6 is 49.9 Å². The molecule has 0 saturated heterocycles. The summed E-state index contributed by atoms with van der Waals surface area (Å²) in [5.41, 5.74) is 3.22. The molecule has 1 aromatic heterocycles. The van der Waals surface area contributed by atoms with Gasteiger partial charge in [-0.1, -0.05) is 46.3 Å². The Hall–Kier alpha value is -1.25. The standard InChI is InChI=1S/C17H13BrIN3S/c1-20-17-22(21-10-13-5-2-3-8-15(13)19)16(11-23-17)12-6-4-7-14(18)9-12/h2-11H,1H3. The first-order valence-corrected chi connectivity index (χ1v) is 9.62. The number of thiazole rings is 1. The molecule has 0 radical (unpaired) electrons. The lowest BCUT2D eigenvalue weighted by Gasteiger charge is -2.04. The number of hydrogen-bond acceptors (Lipinski definition) is 3. The average Bonchev–Trinajstić information content (AvgIpc) is 2.97. The van der Waals surface area contributed by atoms with Crippen LogP contribution < -0.4 is 4.80 Å². The van der Waals surface area contributed by atoms with Crippen LogP contribution in [0.15, 0.2) is 68.5 Å². The molecule has 0 spiro atoms.